The van der Waals surface area contributed by atoms with Gasteiger partial charge in [0.1, 0.15) is 36.6 Å². The minimum absolute atomic E-state index is 0. The zero-order valence-corrected chi connectivity index (χ0v) is 15.8. The van der Waals surface area contributed by atoms with Crippen molar-refractivity contribution in [2.24, 2.45) is 0 Å². The molecular formula is C12H24O14Pt. The Labute approximate surface area is 166 Å². The molecular weight excluding hydrogens is 563 g/mol. The average molecular weight is 587 g/mol. The van der Waals surface area contributed by atoms with Gasteiger partial charge in [-0.1, -0.05) is 0 Å². The van der Waals surface area contributed by atoms with E-state index < -0.39 is 74.0 Å². The number of carbonyl (C=O) groups is 2. The van der Waals surface area contributed by atoms with Gasteiger partial charge < -0.3 is 61.3 Å². The van der Waals surface area contributed by atoms with Gasteiger partial charge in [0.05, 0.1) is 13.2 Å². The number of aliphatic carboxylic acids is 2. The SMILES string of the molecule is O=C(O)C(O)C(O)C(O)C(O)CO.O=C(O)C(O)C(O)C(O)C(O)CO.[Pt]. The van der Waals surface area contributed by atoms with Crippen molar-refractivity contribution in [2.75, 3.05) is 13.2 Å². The zero-order valence-electron chi connectivity index (χ0n) is 13.5. The normalized spacial score (nSPS) is 19.6. The summed E-state index contributed by atoms with van der Waals surface area (Å²) in [6, 6.07) is 0. The summed E-state index contributed by atoms with van der Waals surface area (Å²) in [6.07, 6.45) is -15.7. The Hall–Kier alpha value is -0.772. The van der Waals surface area contributed by atoms with Gasteiger partial charge in [0, 0.05) is 21.1 Å². The zero-order chi connectivity index (χ0) is 21.2. The molecule has 0 spiro atoms. The van der Waals surface area contributed by atoms with Crippen LogP contribution in [-0.4, -0.2) is 135 Å². The molecule has 0 aromatic heterocycles. The molecule has 0 amide bonds. The van der Waals surface area contributed by atoms with Crippen molar-refractivity contribution in [3.63, 3.8) is 0 Å². The van der Waals surface area contributed by atoms with E-state index in [1.807, 2.05) is 0 Å². The maximum absolute atomic E-state index is 10.1. The number of hydrogen-bond acceptors (Lipinski definition) is 12. The first kappa shape index (κ1) is 30.9. The second-order valence-corrected chi connectivity index (χ2v) is 5.03. The predicted molar refractivity (Wildman–Crippen MR) is 77.5 cm³/mol. The molecule has 0 bridgehead atoms. The maximum atomic E-state index is 10.1. The van der Waals surface area contributed by atoms with E-state index in [-0.39, 0.29) is 21.1 Å². The standard InChI is InChI=1S/2C6H12O7.Pt/c2*7-1-2(8)3(9)4(10)5(11)6(12)13;/h2*2-5,7-11H,1H2,(H,12,13);. The van der Waals surface area contributed by atoms with Crippen molar-refractivity contribution in [3.05, 3.63) is 0 Å². The first-order valence-electron chi connectivity index (χ1n) is 6.95. The van der Waals surface area contributed by atoms with Crippen LogP contribution in [-0.2, 0) is 30.7 Å². The van der Waals surface area contributed by atoms with Gasteiger partial charge in [0.15, 0.2) is 12.2 Å². The van der Waals surface area contributed by atoms with Crippen LogP contribution in [0.3, 0.4) is 0 Å². The third kappa shape index (κ3) is 11.0. The van der Waals surface area contributed by atoms with Crippen LogP contribution in [0.2, 0.25) is 0 Å². The molecule has 8 unspecified atom stereocenters. The van der Waals surface area contributed by atoms with Gasteiger partial charge in [-0.3, -0.25) is 0 Å². The molecule has 14 nitrogen and oxygen atoms in total. The largest absolute Gasteiger partial charge is 0.479 e. The molecule has 0 saturated carbocycles. The third-order valence-electron chi connectivity index (χ3n) is 3.02. The van der Waals surface area contributed by atoms with E-state index >= 15 is 0 Å². The molecule has 0 aliphatic heterocycles. The van der Waals surface area contributed by atoms with Gasteiger partial charge in [0.2, 0.25) is 0 Å². The number of aliphatic hydroxyl groups is 10. The summed E-state index contributed by atoms with van der Waals surface area (Å²) in [7, 11) is 0. The minimum Gasteiger partial charge on any atom is -0.479 e. The average Bonchev–Trinajstić information content (AvgIpc) is 2.62. The smallest absolute Gasteiger partial charge is 0.335 e. The van der Waals surface area contributed by atoms with Gasteiger partial charge in [-0.2, -0.15) is 0 Å². The molecule has 0 rings (SSSR count). The molecule has 0 fully saturated rings. The van der Waals surface area contributed by atoms with Gasteiger partial charge in [-0.05, 0) is 0 Å². The van der Waals surface area contributed by atoms with Crippen molar-refractivity contribution in [2.45, 2.75) is 48.8 Å². The van der Waals surface area contributed by atoms with Gasteiger partial charge in [0.25, 0.3) is 0 Å². The molecule has 8 atom stereocenters. The molecule has 0 radical (unpaired) electrons. The Balaban J connectivity index is -0.000000411. The van der Waals surface area contributed by atoms with E-state index in [9.17, 15) is 9.59 Å². The summed E-state index contributed by atoms with van der Waals surface area (Å²) < 4.78 is 0. The summed E-state index contributed by atoms with van der Waals surface area (Å²) in [5.41, 5.74) is 0. The quantitative estimate of drug-likeness (QED) is 0.113. The molecule has 12 N–H and O–H groups in total. The fourth-order valence-electron chi connectivity index (χ4n) is 1.34. The van der Waals surface area contributed by atoms with E-state index in [1.165, 1.54) is 0 Å². The first-order chi connectivity index (χ1) is 11.8. The molecule has 27 heavy (non-hydrogen) atoms. The molecule has 0 aromatic carbocycles. The molecule has 0 saturated heterocycles. The Morgan fingerprint density at radius 2 is 0.778 bits per heavy atom. The second kappa shape index (κ2) is 15.2. The second-order valence-electron chi connectivity index (χ2n) is 5.03. The predicted octanol–water partition coefficient (Wildman–Crippen LogP) is -6.99. The Morgan fingerprint density at radius 3 is 0.926 bits per heavy atom. The molecule has 166 valence electrons. The minimum atomic E-state index is -2.20. The summed E-state index contributed by atoms with van der Waals surface area (Å²) in [6.45, 7) is -1.69. The van der Waals surface area contributed by atoms with E-state index in [1.54, 1.807) is 0 Å². The van der Waals surface area contributed by atoms with Crippen LogP contribution in [0.4, 0.5) is 0 Å². The topological polar surface area (TPSA) is 277 Å². The summed E-state index contributed by atoms with van der Waals surface area (Å²) in [5.74, 6) is -3.45. The van der Waals surface area contributed by atoms with Crippen molar-refractivity contribution < 1.29 is 91.9 Å². The molecule has 15 heteroatoms. The van der Waals surface area contributed by atoms with E-state index in [0.29, 0.717) is 0 Å². The van der Waals surface area contributed by atoms with E-state index in [4.69, 9.17) is 61.3 Å². The van der Waals surface area contributed by atoms with Crippen LogP contribution in [0.25, 0.3) is 0 Å². The van der Waals surface area contributed by atoms with Crippen LogP contribution in [0, 0.1) is 0 Å². The van der Waals surface area contributed by atoms with Crippen LogP contribution >= 0.6 is 0 Å². The van der Waals surface area contributed by atoms with E-state index in [0.717, 1.165) is 0 Å². The van der Waals surface area contributed by atoms with E-state index in [2.05, 4.69) is 0 Å². The summed E-state index contributed by atoms with van der Waals surface area (Å²) >= 11 is 0. The van der Waals surface area contributed by atoms with Crippen molar-refractivity contribution in [3.8, 4) is 0 Å². The molecule has 0 aliphatic carbocycles. The van der Waals surface area contributed by atoms with Gasteiger partial charge in [-0.25, -0.2) is 9.59 Å². The van der Waals surface area contributed by atoms with Crippen LogP contribution in [0.1, 0.15) is 0 Å². The molecule has 0 aromatic rings. The Kier molecular flexibility index (Phi) is 17.4. The third-order valence-corrected chi connectivity index (χ3v) is 3.02. The number of hydrogen-bond donors (Lipinski definition) is 12. The fourth-order valence-corrected chi connectivity index (χ4v) is 1.34. The monoisotopic (exact) mass is 587 g/mol. The Morgan fingerprint density at radius 1 is 0.556 bits per heavy atom. The fraction of sp³-hybridized carbons (Fsp3) is 0.833. The van der Waals surface area contributed by atoms with Crippen LogP contribution in [0.15, 0.2) is 0 Å². The first-order valence-corrected chi connectivity index (χ1v) is 6.95. The molecule has 0 aliphatic rings. The van der Waals surface area contributed by atoms with Crippen molar-refractivity contribution in [1.82, 2.24) is 0 Å². The van der Waals surface area contributed by atoms with Gasteiger partial charge >= 0.3 is 11.9 Å². The maximum Gasteiger partial charge on any atom is 0.335 e. The van der Waals surface area contributed by atoms with Gasteiger partial charge in [-0.15, -0.1) is 0 Å². The van der Waals surface area contributed by atoms with Crippen molar-refractivity contribution in [1.29, 1.82) is 0 Å². The summed E-state index contributed by atoms with van der Waals surface area (Å²) in [5, 5.41) is 104. The number of carboxylic acid groups (broad SMARTS) is 2. The number of carboxylic acids is 2. The number of rotatable bonds is 10. The van der Waals surface area contributed by atoms with Crippen molar-refractivity contribution >= 4 is 11.9 Å². The molecule has 0 heterocycles. The Bertz CT molecular complexity index is 385. The van der Waals surface area contributed by atoms with Crippen LogP contribution < -0.4 is 0 Å². The van der Waals surface area contributed by atoms with Crippen LogP contribution in [0.5, 0.6) is 0 Å². The summed E-state index contributed by atoms with van der Waals surface area (Å²) in [4.78, 5) is 20.2. The number of aliphatic hydroxyl groups excluding tert-OH is 10.